The second kappa shape index (κ2) is 5.08. The van der Waals surface area contributed by atoms with E-state index in [4.69, 9.17) is 16.3 Å². The van der Waals surface area contributed by atoms with Crippen LogP contribution in [-0.2, 0) is 0 Å². The standard InChI is InChI=1S/C13H13ClO2S/c1-8-3-4-9(10(7-8)16-2)13(15)11-5-6-12(14)17-11/h3-7,13,15H,1-2H3. The number of aryl methyl sites for hydroxylation is 1. The highest BCUT2D eigenvalue weighted by atomic mass is 35.5. The van der Waals surface area contributed by atoms with Gasteiger partial charge in [-0.25, -0.2) is 0 Å². The van der Waals surface area contributed by atoms with Crippen molar-refractivity contribution in [3.63, 3.8) is 0 Å². The van der Waals surface area contributed by atoms with Gasteiger partial charge in [0.05, 0.1) is 11.4 Å². The Balaban J connectivity index is 2.39. The molecule has 1 heterocycles. The molecule has 1 N–H and O–H groups in total. The van der Waals surface area contributed by atoms with Crippen molar-refractivity contribution in [2.75, 3.05) is 7.11 Å². The lowest BCUT2D eigenvalue weighted by atomic mass is 10.0. The second-order valence-electron chi connectivity index (χ2n) is 3.79. The zero-order chi connectivity index (χ0) is 12.4. The molecule has 0 fully saturated rings. The maximum absolute atomic E-state index is 10.3. The van der Waals surface area contributed by atoms with E-state index in [9.17, 15) is 5.11 Å². The van der Waals surface area contributed by atoms with Gasteiger partial charge in [-0.3, -0.25) is 0 Å². The summed E-state index contributed by atoms with van der Waals surface area (Å²) in [4.78, 5) is 0.817. The van der Waals surface area contributed by atoms with E-state index >= 15 is 0 Å². The van der Waals surface area contributed by atoms with Crippen LogP contribution in [0.1, 0.15) is 22.1 Å². The van der Waals surface area contributed by atoms with Crippen LogP contribution < -0.4 is 4.74 Å². The molecule has 0 amide bonds. The first-order valence-electron chi connectivity index (χ1n) is 5.19. The van der Waals surface area contributed by atoms with Crippen LogP contribution in [0.2, 0.25) is 4.34 Å². The predicted molar refractivity (Wildman–Crippen MR) is 71.1 cm³/mol. The fourth-order valence-corrected chi connectivity index (χ4v) is 2.74. The van der Waals surface area contributed by atoms with Gasteiger partial charge in [-0.2, -0.15) is 0 Å². The molecule has 1 atom stereocenters. The Morgan fingerprint density at radius 1 is 1.29 bits per heavy atom. The zero-order valence-corrected chi connectivity index (χ0v) is 11.2. The molecule has 0 saturated heterocycles. The van der Waals surface area contributed by atoms with Crippen LogP contribution in [0.15, 0.2) is 30.3 Å². The van der Waals surface area contributed by atoms with E-state index in [0.29, 0.717) is 10.1 Å². The number of aliphatic hydroxyl groups excluding tert-OH is 1. The number of hydrogen-bond donors (Lipinski definition) is 1. The van der Waals surface area contributed by atoms with Crippen molar-refractivity contribution in [2.24, 2.45) is 0 Å². The number of hydrogen-bond acceptors (Lipinski definition) is 3. The van der Waals surface area contributed by atoms with Gasteiger partial charge in [-0.15, -0.1) is 11.3 Å². The van der Waals surface area contributed by atoms with Crippen LogP contribution in [-0.4, -0.2) is 12.2 Å². The van der Waals surface area contributed by atoms with Gasteiger partial charge in [0.2, 0.25) is 0 Å². The zero-order valence-electron chi connectivity index (χ0n) is 9.61. The smallest absolute Gasteiger partial charge is 0.125 e. The maximum atomic E-state index is 10.3. The normalized spacial score (nSPS) is 12.5. The highest BCUT2D eigenvalue weighted by Gasteiger charge is 2.17. The summed E-state index contributed by atoms with van der Waals surface area (Å²) in [7, 11) is 1.60. The molecule has 2 nitrogen and oxygen atoms in total. The van der Waals surface area contributed by atoms with Crippen molar-refractivity contribution in [2.45, 2.75) is 13.0 Å². The third-order valence-electron chi connectivity index (χ3n) is 2.55. The topological polar surface area (TPSA) is 29.5 Å². The van der Waals surface area contributed by atoms with Crippen LogP contribution in [0.25, 0.3) is 0 Å². The van der Waals surface area contributed by atoms with Gasteiger partial charge >= 0.3 is 0 Å². The van der Waals surface area contributed by atoms with Gasteiger partial charge in [-0.1, -0.05) is 23.7 Å². The monoisotopic (exact) mass is 268 g/mol. The van der Waals surface area contributed by atoms with Crippen LogP contribution in [0.3, 0.4) is 0 Å². The van der Waals surface area contributed by atoms with E-state index < -0.39 is 6.10 Å². The van der Waals surface area contributed by atoms with Crippen LogP contribution >= 0.6 is 22.9 Å². The summed E-state index contributed by atoms with van der Waals surface area (Å²) in [5.74, 6) is 0.696. The fourth-order valence-electron chi connectivity index (χ4n) is 1.67. The van der Waals surface area contributed by atoms with Crippen molar-refractivity contribution in [1.29, 1.82) is 0 Å². The van der Waals surface area contributed by atoms with Crippen molar-refractivity contribution < 1.29 is 9.84 Å². The van der Waals surface area contributed by atoms with E-state index in [-0.39, 0.29) is 0 Å². The van der Waals surface area contributed by atoms with Gasteiger partial charge in [0.25, 0.3) is 0 Å². The molecule has 1 unspecified atom stereocenters. The molecule has 0 aliphatic carbocycles. The van der Waals surface area contributed by atoms with Crippen LogP contribution in [0.4, 0.5) is 0 Å². The van der Waals surface area contributed by atoms with Crippen molar-refractivity contribution >= 4 is 22.9 Å². The van der Waals surface area contributed by atoms with Crippen LogP contribution in [0, 0.1) is 6.92 Å². The van der Waals surface area contributed by atoms with Crippen molar-refractivity contribution in [1.82, 2.24) is 0 Å². The number of ether oxygens (including phenoxy) is 1. The Bertz CT molecular complexity index is 522. The number of thiophene rings is 1. The van der Waals surface area contributed by atoms with Gasteiger partial charge in [0.15, 0.2) is 0 Å². The summed E-state index contributed by atoms with van der Waals surface area (Å²) in [6.45, 7) is 1.99. The molecule has 90 valence electrons. The summed E-state index contributed by atoms with van der Waals surface area (Å²) >= 11 is 7.24. The average molecular weight is 269 g/mol. The Labute approximate surface area is 109 Å². The Hall–Kier alpha value is -1.03. The fraction of sp³-hybridized carbons (Fsp3) is 0.231. The summed E-state index contributed by atoms with van der Waals surface area (Å²) < 4.78 is 5.96. The number of rotatable bonds is 3. The average Bonchev–Trinajstić information content (AvgIpc) is 2.75. The molecule has 2 rings (SSSR count). The van der Waals surface area contributed by atoms with E-state index in [1.807, 2.05) is 31.2 Å². The number of methoxy groups -OCH3 is 1. The molecular formula is C13H13ClO2S. The first-order chi connectivity index (χ1) is 8.11. The molecule has 0 bridgehead atoms. The number of halogens is 1. The molecule has 0 radical (unpaired) electrons. The molecule has 0 aliphatic rings. The molecule has 2 aromatic rings. The van der Waals surface area contributed by atoms with E-state index in [1.54, 1.807) is 13.2 Å². The molecule has 0 spiro atoms. The molecule has 0 aliphatic heterocycles. The first-order valence-corrected chi connectivity index (χ1v) is 6.39. The lowest BCUT2D eigenvalue weighted by Gasteiger charge is -2.14. The van der Waals surface area contributed by atoms with Crippen LogP contribution in [0.5, 0.6) is 5.75 Å². The lowest BCUT2D eigenvalue weighted by Crippen LogP contribution is -2.00. The third-order valence-corrected chi connectivity index (χ3v) is 3.83. The predicted octanol–water partition coefficient (Wildman–Crippen LogP) is 3.80. The molecular weight excluding hydrogens is 256 g/mol. The van der Waals surface area contributed by atoms with E-state index in [0.717, 1.165) is 16.0 Å². The van der Waals surface area contributed by atoms with Gasteiger partial charge in [0, 0.05) is 10.4 Å². The minimum Gasteiger partial charge on any atom is -0.496 e. The SMILES string of the molecule is COc1cc(C)ccc1C(O)c1ccc(Cl)s1. The third kappa shape index (κ3) is 2.63. The minimum absolute atomic E-state index is 0.671. The minimum atomic E-state index is -0.692. The van der Waals surface area contributed by atoms with Gasteiger partial charge < -0.3 is 9.84 Å². The van der Waals surface area contributed by atoms with Crippen molar-refractivity contribution in [3.8, 4) is 5.75 Å². The molecule has 0 saturated carbocycles. The van der Waals surface area contributed by atoms with Gasteiger partial charge in [-0.05, 0) is 30.7 Å². The van der Waals surface area contributed by atoms with Gasteiger partial charge in [0.1, 0.15) is 11.9 Å². The summed E-state index contributed by atoms with van der Waals surface area (Å²) in [6.07, 6.45) is -0.692. The van der Waals surface area contributed by atoms with E-state index in [2.05, 4.69) is 0 Å². The molecule has 17 heavy (non-hydrogen) atoms. The molecule has 4 heteroatoms. The summed E-state index contributed by atoms with van der Waals surface area (Å²) in [5, 5.41) is 10.3. The molecule has 1 aromatic carbocycles. The Morgan fingerprint density at radius 2 is 2.06 bits per heavy atom. The highest BCUT2D eigenvalue weighted by molar-refractivity contribution is 7.16. The lowest BCUT2D eigenvalue weighted by molar-refractivity contribution is 0.218. The number of benzene rings is 1. The number of aliphatic hydroxyl groups is 1. The Morgan fingerprint density at radius 3 is 2.65 bits per heavy atom. The highest BCUT2D eigenvalue weighted by Crippen LogP contribution is 2.35. The Kier molecular flexibility index (Phi) is 3.72. The quantitative estimate of drug-likeness (QED) is 0.917. The molecule has 1 aromatic heterocycles. The maximum Gasteiger partial charge on any atom is 0.125 e. The summed E-state index contributed by atoms with van der Waals surface area (Å²) in [6, 6.07) is 9.36. The van der Waals surface area contributed by atoms with Crippen molar-refractivity contribution in [3.05, 3.63) is 50.7 Å². The first kappa shape index (κ1) is 12.4. The summed E-state index contributed by atoms with van der Waals surface area (Å²) in [5.41, 5.74) is 1.86. The second-order valence-corrected chi connectivity index (χ2v) is 5.54. The largest absolute Gasteiger partial charge is 0.496 e. The van der Waals surface area contributed by atoms with E-state index in [1.165, 1.54) is 11.3 Å².